The van der Waals surface area contributed by atoms with Gasteiger partial charge >= 0.3 is 5.69 Å². The highest BCUT2D eigenvalue weighted by Crippen LogP contribution is 2.18. The lowest BCUT2D eigenvalue weighted by atomic mass is 10.3. The number of rotatable bonds is 9. The summed E-state index contributed by atoms with van der Waals surface area (Å²) in [5.41, 5.74) is 4.77. The van der Waals surface area contributed by atoms with Crippen LogP contribution in [0.3, 0.4) is 0 Å². The zero-order chi connectivity index (χ0) is 21.0. The van der Waals surface area contributed by atoms with Crippen LogP contribution in [0, 0.1) is 0 Å². The lowest BCUT2D eigenvalue weighted by Crippen LogP contribution is -2.31. The largest absolute Gasteiger partial charge is 0.497 e. The van der Waals surface area contributed by atoms with Gasteiger partial charge in [-0.05, 0) is 24.3 Å². The summed E-state index contributed by atoms with van der Waals surface area (Å²) >= 11 is 0. The normalized spacial score (nSPS) is 12.1. The molecular formula is C18H24N6O5. The lowest BCUT2D eigenvalue weighted by Gasteiger charge is -2.16. The summed E-state index contributed by atoms with van der Waals surface area (Å²) in [6, 6.07) is 6.96. The van der Waals surface area contributed by atoms with Gasteiger partial charge in [0.15, 0.2) is 11.2 Å². The molecule has 0 radical (unpaired) electrons. The van der Waals surface area contributed by atoms with Gasteiger partial charge in [0.25, 0.3) is 5.56 Å². The highest BCUT2D eigenvalue weighted by molar-refractivity contribution is 5.74. The number of anilines is 1. The fourth-order valence-electron chi connectivity index (χ4n) is 2.86. The van der Waals surface area contributed by atoms with Gasteiger partial charge in [0.2, 0.25) is 5.95 Å². The molecule has 3 rings (SSSR count). The smallest absolute Gasteiger partial charge is 0.329 e. The van der Waals surface area contributed by atoms with Crippen LogP contribution in [0.2, 0.25) is 0 Å². The molecule has 0 fully saturated rings. The van der Waals surface area contributed by atoms with E-state index in [1.165, 1.54) is 16.2 Å². The Morgan fingerprint density at radius 2 is 1.97 bits per heavy atom. The van der Waals surface area contributed by atoms with Gasteiger partial charge in [-0.25, -0.2) is 4.79 Å². The van der Waals surface area contributed by atoms with E-state index in [1.54, 1.807) is 31.4 Å². The summed E-state index contributed by atoms with van der Waals surface area (Å²) in [6.45, 7) is 0.780. The minimum Gasteiger partial charge on any atom is -0.497 e. The monoisotopic (exact) mass is 404 g/mol. The number of aliphatic hydroxyl groups is 1. The van der Waals surface area contributed by atoms with Crippen LogP contribution in [-0.2, 0) is 13.6 Å². The van der Waals surface area contributed by atoms with E-state index in [1.807, 2.05) is 0 Å². The average Bonchev–Trinajstić information content (AvgIpc) is 3.08. The maximum Gasteiger partial charge on any atom is 0.329 e. The number of H-pyrrole nitrogens is 1. The van der Waals surface area contributed by atoms with Crippen LogP contribution in [0.5, 0.6) is 11.5 Å². The van der Waals surface area contributed by atoms with Crippen molar-refractivity contribution in [2.24, 2.45) is 12.8 Å². The molecule has 0 aliphatic rings. The SMILES string of the molecule is COc1ccc(OC[C@H](O)Cn2c(NCCN)nc3c2c(=O)[nH]c(=O)n3C)cc1. The molecule has 3 aromatic rings. The summed E-state index contributed by atoms with van der Waals surface area (Å²) < 4.78 is 13.5. The minimum atomic E-state index is -0.940. The zero-order valence-corrected chi connectivity index (χ0v) is 16.2. The molecular weight excluding hydrogens is 380 g/mol. The van der Waals surface area contributed by atoms with E-state index < -0.39 is 17.4 Å². The molecule has 0 unspecified atom stereocenters. The van der Waals surface area contributed by atoms with Gasteiger partial charge in [-0.3, -0.25) is 14.3 Å². The molecule has 5 N–H and O–H groups in total. The highest BCUT2D eigenvalue weighted by atomic mass is 16.5. The number of hydrogen-bond acceptors (Lipinski definition) is 8. The lowest BCUT2D eigenvalue weighted by molar-refractivity contribution is 0.0938. The molecule has 0 saturated carbocycles. The number of nitrogens with zero attached hydrogens (tertiary/aromatic N) is 3. The van der Waals surface area contributed by atoms with Crippen molar-refractivity contribution in [1.29, 1.82) is 0 Å². The number of ether oxygens (including phenoxy) is 2. The molecule has 29 heavy (non-hydrogen) atoms. The first-order valence-corrected chi connectivity index (χ1v) is 9.03. The topological polar surface area (TPSA) is 149 Å². The number of nitrogens with one attached hydrogen (secondary N) is 2. The van der Waals surface area contributed by atoms with Crippen molar-refractivity contribution in [2.75, 3.05) is 32.1 Å². The van der Waals surface area contributed by atoms with Crippen molar-refractivity contribution in [1.82, 2.24) is 19.1 Å². The Morgan fingerprint density at radius 3 is 2.62 bits per heavy atom. The van der Waals surface area contributed by atoms with Crippen molar-refractivity contribution < 1.29 is 14.6 Å². The maximum absolute atomic E-state index is 12.4. The van der Waals surface area contributed by atoms with Gasteiger partial charge in [-0.1, -0.05) is 0 Å². The molecule has 0 spiro atoms. The fraction of sp³-hybridized carbons (Fsp3) is 0.389. The molecule has 1 aromatic carbocycles. The van der Waals surface area contributed by atoms with Gasteiger partial charge in [-0.15, -0.1) is 0 Å². The molecule has 0 saturated heterocycles. The summed E-state index contributed by atoms with van der Waals surface area (Å²) in [6.07, 6.45) is -0.940. The van der Waals surface area contributed by atoms with Crippen LogP contribution in [-0.4, -0.2) is 57.1 Å². The van der Waals surface area contributed by atoms with Crippen LogP contribution in [0.15, 0.2) is 33.9 Å². The third-order valence-corrected chi connectivity index (χ3v) is 4.33. The van der Waals surface area contributed by atoms with E-state index in [0.29, 0.717) is 30.5 Å². The summed E-state index contributed by atoms with van der Waals surface area (Å²) in [7, 11) is 3.08. The second-order valence-corrected chi connectivity index (χ2v) is 6.39. The molecule has 0 amide bonds. The molecule has 2 aromatic heterocycles. The minimum absolute atomic E-state index is 0.00794. The van der Waals surface area contributed by atoms with Crippen LogP contribution in [0.4, 0.5) is 5.95 Å². The number of nitrogens with two attached hydrogens (primary N) is 1. The number of aromatic nitrogens is 4. The van der Waals surface area contributed by atoms with Gasteiger partial charge in [0, 0.05) is 20.1 Å². The Hall–Kier alpha value is -3.31. The molecule has 11 nitrogen and oxygen atoms in total. The Morgan fingerprint density at radius 1 is 1.28 bits per heavy atom. The Bertz CT molecular complexity index is 1090. The third kappa shape index (κ3) is 4.41. The van der Waals surface area contributed by atoms with Crippen LogP contribution in [0.1, 0.15) is 0 Å². The number of hydrogen-bond donors (Lipinski definition) is 4. The van der Waals surface area contributed by atoms with Crippen LogP contribution in [0.25, 0.3) is 11.2 Å². The van der Waals surface area contributed by atoms with Gasteiger partial charge in [0.05, 0.1) is 13.7 Å². The van der Waals surface area contributed by atoms with E-state index in [4.69, 9.17) is 15.2 Å². The number of aryl methyl sites for hydroxylation is 1. The number of fused-ring (bicyclic) bond motifs is 1. The number of methoxy groups -OCH3 is 1. The first-order chi connectivity index (χ1) is 13.9. The number of aromatic amines is 1. The number of imidazole rings is 1. The first-order valence-electron chi connectivity index (χ1n) is 9.03. The van der Waals surface area contributed by atoms with Gasteiger partial charge < -0.3 is 30.2 Å². The van der Waals surface area contributed by atoms with Crippen molar-refractivity contribution in [3.63, 3.8) is 0 Å². The first kappa shape index (κ1) is 20.4. The van der Waals surface area contributed by atoms with Crippen molar-refractivity contribution in [3.05, 3.63) is 45.1 Å². The summed E-state index contributed by atoms with van der Waals surface area (Å²) in [5.74, 6) is 1.60. The van der Waals surface area contributed by atoms with E-state index in [9.17, 15) is 14.7 Å². The van der Waals surface area contributed by atoms with Crippen molar-refractivity contribution in [3.8, 4) is 11.5 Å². The Balaban J connectivity index is 1.84. The molecule has 0 bridgehead atoms. The van der Waals surface area contributed by atoms with Gasteiger partial charge in [-0.2, -0.15) is 4.98 Å². The van der Waals surface area contributed by atoms with E-state index in [-0.39, 0.29) is 24.3 Å². The molecule has 2 heterocycles. The fourth-order valence-corrected chi connectivity index (χ4v) is 2.86. The summed E-state index contributed by atoms with van der Waals surface area (Å²) in [4.78, 5) is 30.8. The number of benzene rings is 1. The number of aliphatic hydroxyl groups excluding tert-OH is 1. The second-order valence-electron chi connectivity index (χ2n) is 6.39. The predicted octanol–water partition coefficient (Wildman–Crippen LogP) is -0.758. The van der Waals surface area contributed by atoms with E-state index in [0.717, 1.165) is 0 Å². The highest BCUT2D eigenvalue weighted by Gasteiger charge is 2.19. The quantitative estimate of drug-likeness (QED) is 0.364. The second kappa shape index (κ2) is 8.80. The Kier molecular flexibility index (Phi) is 6.20. The standard InChI is InChI=1S/C18H24N6O5/c1-23-15-14(16(26)22-18(23)27)24(17(21-15)20-8-7-19)9-11(25)10-29-13-5-3-12(28-2)4-6-13/h3-6,11,25H,7-10,19H2,1-2H3,(H,20,21)(H,22,26,27)/t11-/m1/s1. The molecule has 156 valence electrons. The molecule has 0 aliphatic carbocycles. The predicted molar refractivity (Wildman–Crippen MR) is 108 cm³/mol. The zero-order valence-electron chi connectivity index (χ0n) is 16.2. The summed E-state index contributed by atoms with van der Waals surface area (Å²) in [5, 5.41) is 13.5. The molecule has 1 atom stereocenters. The molecule has 11 heteroatoms. The van der Waals surface area contributed by atoms with E-state index >= 15 is 0 Å². The van der Waals surface area contributed by atoms with Crippen molar-refractivity contribution >= 4 is 17.1 Å². The molecule has 0 aliphatic heterocycles. The van der Waals surface area contributed by atoms with E-state index in [2.05, 4.69) is 15.3 Å². The Labute approximate surface area is 165 Å². The van der Waals surface area contributed by atoms with Crippen LogP contribution < -0.4 is 31.8 Å². The van der Waals surface area contributed by atoms with Crippen LogP contribution >= 0.6 is 0 Å². The average molecular weight is 404 g/mol. The maximum atomic E-state index is 12.4. The van der Waals surface area contributed by atoms with Crippen molar-refractivity contribution in [2.45, 2.75) is 12.6 Å². The third-order valence-electron chi connectivity index (χ3n) is 4.33. The van der Waals surface area contributed by atoms with Gasteiger partial charge in [0.1, 0.15) is 24.2 Å².